The summed E-state index contributed by atoms with van der Waals surface area (Å²) < 4.78 is 9.96. The third kappa shape index (κ3) is 2.99. The summed E-state index contributed by atoms with van der Waals surface area (Å²) in [5.41, 5.74) is 2.26. The van der Waals surface area contributed by atoms with Crippen LogP contribution in [-0.2, 0) is 6.42 Å². The molecule has 1 aliphatic heterocycles. The second kappa shape index (κ2) is 6.38. The Hall–Kier alpha value is -2.77. The number of nitrogens with zero attached hydrogens (tertiary/aromatic N) is 6. The standard InChI is InChI=1S/C16H18N6O2/c1-11-13(20-24-19-11)9-15-18-16(21-23-15)12-5-6-14(17-10-12)22-7-3-2-4-8-22/h5-6,10H,2-4,7-9H2,1H3. The molecule has 0 aliphatic carbocycles. The maximum absolute atomic E-state index is 5.29. The maximum Gasteiger partial charge on any atom is 0.233 e. The van der Waals surface area contributed by atoms with Crippen molar-refractivity contribution >= 4 is 5.82 Å². The lowest BCUT2D eigenvalue weighted by Crippen LogP contribution is -2.29. The van der Waals surface area contributed by atoms with E-state index in [1.807, 2.05) is 19.1 Å². The van der Waals surface area contributed by atoms with Gasteiger partial charge >= 0.3 is 0 Å². The lowest BCUT2D eigenvalue weighted by Gasteiger charge is -2.27. The van der Waals surface area contributed by atoms with Crippen LogP contribution in [0.5, 0.6) is 0 Å². The molecule has 124 valence electrons. The van der Waals surface area contributed by atoms with Gasteiger partial charge in [-0.1, -0.05) is 15.5 Å². The van der Waals surface area contributed by atoms with E-state index in [2.05, 4.69) is 35.0 Å². The molecule has 0 radical (unpaired) electrons. The summed E-state index contributed by atoms with van der Waals surface area (Å²) in [4.78, 5) is 11.3. The van der Waals surface area contributed by atoms with Crippen LogP contribution in [0.3, 0.4) is 0 Å². The number of aryl methyl sites for hydroxylation is 1. The van der Waals surface area contributed by atoms with Crippen LogP contribution >= 0.6 is 0 Å². The molecule has 0 spiro atoms. The molecule has 0 amide bonds. The smallest absolute Gasteiger partial charge is 0.233 e. The van der Waals surface area contributed by atoms with E-state index in [9.17, 15) is 0 Å². The average Bonchev–Trinajstić information content (AvgIpc) is 3.26. The highest BCUT2D eigenvalue weighted by Gasteiger charge is 2.15. The summed E-state index contributed by atoms with van der Waals surface area (Å²) >= 11 is 0. The van der Waals surface area contributed by atoms with Gasteiger partial charge in [0.25, 0.3) is 0 Å². The monoisotopic (exact) mass is 326 g/mol. The van der Waals surface area contributed by atoms with Gasteiger partial charge < -0.3 is 9.42 Å². The topological polar surface area (TPSA) is 94.0 Å². The summed E-state index contributed by atoms with van der Waals surface area (Å²) in [7, 11) is 0. The number of hydrogen-bond donors (Lipinski definition) is 0. The number of pyridine rings is 1. The molecule has 0 aromatic carbocycles. The molecule has 1 fully saturated rings. The molecule has 0 saturated carbocycles. The molecule has 0 unspecified atom stereocenters. The quantitative estimate of drug-likeness (QED) is 0.721. The Labute approximate surface area is 138 Å². The minimum Gasteiger partial charge on any atom is -0.357 e. The Morgan fingerprint density at radius 2 is 1.96 bits per heavy atom. The number of aromatic nitrogens is 5. The zero-order chi connectivity index (χ0) is 16.4. The average molecular weight is 326 g/mol. The molecule has 0 bridgehead atoms. The van der Waals surface area contributed by atoms with Crippen LogP contribution in [0.4, 0.5) is 5.82 Å². The van der Waals surface area contributed by atoms with Crippen LogP contribution < -0.4 is 4.90 Å². The zero-order valence-electron chi connectivity index (χ0n) is 13.5. The van der Waals surface area contributed by atoms with E-state index < -0.39 is 0 Å². The second-order valence-electron chi connectivity index (χ2n) is 5.94. The van der Waals surface area contributed by atoms with Crippen LogP contribution in [0.2, 0.25) is 0 Å². The Morgan fingerprint density at radius 3 is 2.67 bits per heavy atom. The molecule has 24 heavy (non-hydrogen) atoms. The van der Waals surface area contributed by atoms with Crippen molar-refractivity contribution in [3.8, 4) is 11.4 Å². The minimum atomic E-state index is 0.404. The fourth-order valence-corrected chi connectivity index (χ4v) is 2.83. The molecule has 0 N–H and O–H groups in total. The van der Waals surface area contributed by atoms with Gasteiger partial charge in [0, 0.05) is 24.8 Å². The summed E-state index contributed by atoms with van der Waals surface area (Å²) in [5.74, 6) is 2.01. The predicted molar refractivity (Wildman–Crippen MR) is 85.4 cm³/mol. The molecule has 4 heterocycles. The van der Waals surface area contributed by atoms with E-state index in [0.717, 1.165) is 30.2 Å². The van der Waals surface area contributed by atoms with E-state index in [4.69, 9.17) is 4.52 Å². The normalized spacial score (nSPS) is 15.0. The number of anilines is 1. The highest BCUT2D eigenvalue weighted by atomic mass is 16.6. The van der Waals surface area contributed by atoms with Crippen molar-refractivity contribution in [2.24, 2.45) is 0 Å². The molecular weight excluding hydrogens is 308 g/mol. The highest BCUT2D eigenvalue weighted by molar-refractivity contribution is 5.56. The van der Waals surface area contributed by atoms with Crippen LogP contribution in [0, 0.1) is 6.92 Å². The van der Waals surface area contributed by atoms with Crippen LogP contribution in [0.1, 0.15) is 36.5 Å². The Bertz CT molecular complexity index is 804. The van der Waals surface area contributed by atoms with Crippen molar-refractivity contribution in [3.63, 3.8) is 0 Å². The first-order chi connectivity index (χ1) is 11.8. The van der Waals surface area contributed by atoms with E-state index >= 15 is 0 Å². The molecule has 8 nitrogen and oxygen atoms in total. The van der Waals surface area contributed by atoms with Gasteiger partial charge in [-0.15, -0.1) is 0 Å². The van der Waals surface area contributed by atoms with E-state index in [1.54, 1.807) is 6.20 Å². The van der Waals surface area contributed by atoms with Gasteiger partial charge in [-0.2, -0.15) is 4.98 Å². The predicted octanol–water partition coefficient (Wildman–Crippen LogP) is 2.40. The minimum absolute atomic E-state index is 0.404. The van der Waals surface area contributed by atoms with Crippen LogP contribution in [0.15, 0.2) is 27.5 Å². The van der Waals surface area contributed by atoms with E-state index in [0.29, 0.717) is 23.8 Å². The van der Waals surface area contributed by atoms with Gasteiger partial charge in [0.05, 0.1) is 6.42 Å². The SMILES string of the molecule is Cc1nonc1Cc1nc(-c2ccc(N3CCCCC3)nc2)no1. The number of piperidine rings is 1. The lowest BCUT2D eigenvalue weighted by atomic mass is 10.1. The number of hydrogen-bond acceptors (Lipinski definition) is 8. The van der Waals surface area contributed by atoms with Crippen molar-refractivity contribution in [2.75, 3.05) is 18.0 Å². The van der Waals surface area contributed by atoms with Gasteiger partial charge in [0.1, 0.15) is 17.2 Å². The molecule has 8 heteroatoms. The van der Waals surface area contributed by atoms with Crippen LogP contribution in [0.25, 0.3) is 11.4 Å². The summed E-state index contributed by atoms with van der Waals surface area (Å²) in [6.07, 6.45) is 5.96. The van der Waals surface area contributed by atoms with E-state index in [1.165, 1.54) is 19.3 Å². The first kappa shape index (κ1) is 14.8. The van der Waals surface area contributed by atoms with Crippen molar-refractivity contribution < 1.29 is 9.15 Å². The zero-order valence-corrected chi connectivity index (χ0v) is 13.5. The van der Waals surface area contributed by atoms with E-state index in [-0.39, 0.29) is 0 Å². The maximum atomic E-state index is 5.29. The lowest BCUT2D eigenvalue weighted by molar-refractivity contribution is 0.300. The summed E-state index contributed by atoms with van der Waals surface area (Å²) in [6.45, 7) is 3.97. The van der Waals surface area contributed by atoms with Gasteiger partial charge in [0.2, 0.25) is 11.7 Å². The van der Waals surface area contributed by atoms with Gasteiger partial charge in [-0.3, -0.25) is 0 Å². The first-order valence-corrected chi connectivity index (χ1v) is 8.11. The molecule has 1 aliphatic rings. The Morgan fingerprint density at radius 1 is 1.08 bits per heavy atom. The van der Waals surface area contributed by atoms with Crippen molar-refractivity contribution in [3.05, 3.63) is 35.6 Å². The fraction of sp³-hybridized carbons (Fsp3) is 0.438. The number of rotatable bonds is 4. The first-order valence-electron chi connectivity index (χ1n) is 8.11. The second-order valence-corrected chi connectivity index (χ2v) is 5.94. The summed E-state index contributed by atoms with van der Waals surface area (Å²) in [5, 5.41) is 11.6. The molecule has 1 saturated heterocycles. The Balaban J connectivity index is 1.49. The summed E-state index contributed by atoms with van der Waals surface area (Å²) in [6, 6.07) is 4.00. The van der Waals surface area contributed by atoms with Crippen molar-refractivity contribution in [1.29, 1.82) is 0 Å². The van der Waals surface area contributed by atoms with Gasteiger partial charge in [-0.05, 0) is 38.3 Å². The van der Waals surface area contributed by atoms with Gasteiger partial charge in [-0.25, -0.2) is 9.61 Å². The third-order valence-electron chi connectivity index (χ3n) is 4.22. The fourth-order valence-electron chi connectivity index (χ4n) is 2.83. The molecule has 3 aromatic heterocycles. The van der Waals surface area contributed by atoms with Crippen LogP contribution in [-0.4, -0.2) is 38.5 Å². The molecular formula is C16H18N6O2. The Kier molecular flexibility index (Phi) is 3.94. The van der Waals surface area contributed by atoms with Crippen molar-refractivity contribution in [2.45, 2.75) is 32.6 Å². The molecule has 0 atom stereocenters. The van der Waals surface area contributed by atoms with Crippen molar-refractivity contribution in [1.82, 2.24) is 25.4 Å². The largest absolute Gasteiger partial charge is 0.357 e. The molecule has 4 rings (SSSR count). The highest BCUT2D eigenvalue weighted by Crippen LogP contribution is 2.21. The third-order valence-corrected chi connectivity index (χ3v) is 4.22. The van der Waals surface area contributed by atoms with Gasteiger partial charge in [0.15, 0.2) is 0 Å². The molecule has 3 aromatic rings.